The van der Waals surface area contributed by atoms with Crippen molar-refractivity contribution in [2.75, 3.05) is 0 Å². The standard InChI is InChI=1S/C11H20NOSi/c1-5-11(13-14(2,3)4)12-9-7-6-8-10-12/h6-11H,5H2,1-4H3/q+1. The highest BCUT2D eigenvalue weighted by Gasteiger charge is 2.25. The molecule has 0 aliphatic rings. The lowest BCUT2D eigenvalue weighted by Gasteiger charge is -2.21. The van der Waals surface area contributed by atoms with Crippen LogP contribution < -0.4 is 4.57 Å². The van der Waals surface area contributed by atoms with Crippen molar-refractivity contribution in [3.8, 4) is 0 Å². The monoisotopic (exact) mass is 210 g/mol. The predicted molar refractivity (Wildman–Crippen MR) is 60.4 cm³/mol. The van der Waals surface area contributed by atoms with Crippen LogP contribution in [-0.2, 0) is 4.43 Å². The van der Waals surface area contributed by atoms with Crippen LogP contribution in [0, 0.1) is 0 Å². The van der Waals surface area contributed by atoms with Gasteiger partial charge in [0.2, 0.25) is 0 Å². The Balaban J connectivity index is 2.73. The molecular weight excluding hydrogens is 190 g/mol. The van der Waals surface area contributed by atoms with E-state index in [1.54, 1.807) is 0 Å². The summed E-state index contributed by atoms with van der Waals surface area (Å²) < 4.78 is 8.21. The fourth-order valence-electron chi connectivity index (χ4n) is 1.37. The summed E-state index contributed by atoms with van der Waals surface area (Å²) in [4.78, 5) is 0. The topological polar surface area (TPSA) is 13.1 Å². The third kappa shape index (κ3) is 3.60. The summed E-state index contributed by atoms with van der Waals surface area (Å²) in [5, 5.41) is 0. The highest BCUT2D eigenvalue weighted by Crippen LogP contribution is 2.13. The van der Waals surface area contributed by atoms with Crippen LogP contribution in [-0.4, -0.2) is 8.32 Å². The Labute approximate surface area is 87.7 Å². The van der Waals surface area contributed by atoms with Crippen LogP contribution in [0.2, 0.25) is 19.6 Å². The second-order valence-electron chi connectivity index (χ2n) is 4.42. The molecule has 0 aliphatic carbocycles. The number of rotatable bonds is 4. The van der Waals surface area contributed by atoms with Crippen molar-refractivity contribution in [1.29, 1.82) is 0 Å². The SMILES string of the molecule is CCC(O[Si](C)(C)C)[n+]1ccccc1. The minimum atomic E-state index is -1.44. The maximum atomic E-state index is 6.07. The Morgan fingerprint density at radius 3 is 2.14 bits per heavy atom. The summed E-state index contributed by atoms with van der Waals surface area (Å²) in [6.45, 7) is 8.82. The van der Waals surface area contributed by atoms with Gasteiger partial charge in [-0.25, -0.2) is 0 Å². The van der Waals surface area contributed by atoms with Crippen molar-refractivity contribution in [3.05, 3.63) is 30.6 Å². The maximum absolute atomic E-state index is 6.07. The molecule has 1 aromatic heterocycles. The number of hydrogen-bond acceptors (Lipinski definition) is 1. The molecular formula is C11H20NOSi+. The van der Waals surface area contributed by atoms with Gasteiger partial charge in [-0.05, 0) is 19.6 Å². The van der Waals surface area contributed by atoms with E-state index in [1.807, 2.05) is 18.2 Å². The molecule has 0 saturated heterocycles. The Hall–Kier alpha value is -0.673. The zero-order valence-electron chi connectivity index (χ0n) is 9.53. The van der Waals surface area contributed by atoms with Crippen LogP contribution in [0.4, 0.5) is 0 Å². The molecule has 1 rings (SSSR count). The molecule has 1 aromatic rings. The minimum Gasteiger partial charge on any atom is -0.363 e. The third-order valence-corrected chi connectivity index (χ3v) is 2.89. The molecule has 0 radical (unpaired) electrons. The van der Waals surface area contributed by atoms with E-state index in [1.165, 1.54) is 0 Å². The van der Waals surface area contributed by atoms with Crippen molar-refractivity contribution in [2.24, 2.45) is 0 Å². The number of nitrogens with zero attached hydrogens (tertiary/aromatic N) is 1. The van der Waals surface area contributed by atoms with Crippen molar-refractivity contribution in [2.45, 2.75) is 39.2 Å². The van der Waals surface area contributed by atoms with E-state index in [0.717, 1.165) is 6.42 Å². The Morgan fingerprint density at radius 2 is 1.71 bits per heavy atom. The van der Waals surface area contributed by atoms with E-state index in [4.69, 9.17) is 4.43 Å². The molecule has 0 N–H and O–H groups in total. The van der Waals surface area contributed by atoms with Crippen LogP contribution in [0.15, 0.2) is 30.6 Å². The van der Waals surface area contributed by atoms with E-state index in [2.05, 4.69) is 43.5 Å². The molecule has 1 heterocycles. The fourth-order valence-corrected chi connectivity index (χ4v) is 2.47. The van der Waals surface area contributed by atoms with Crippen LogP contribution >= 0.6 is 0 Å². The first-order valence-corrected chi connectivity index (χ1v) is 8.57. The first kappa shape index (κ1) is 11.4. The lowest BCUT2D eigenvalue weighted by molar-refractivity contribution is -0.755. The molecule has 0 spiro atoms. The van der Waals surface area contributed by atoms with Gasteiger partial charge >= 0.3 is 0 Å². The van der Waals surface area contributed by atoms with Crippen LogP contribution in [0.1, 0.15) is 19.6 Å². The molecule has 3 heteroatoms. The number of pyridine rings is 1. The van der Waals surface area contributed by atoms with Gasteiger partial charge in [-0.15, -0.1) is 0 Å². The van der Waals surface area contributed by atoms with Gasteiger partial charge in [-0.3, -0.25) is 0 Å². The van der Waals surface area contributed by atoms with Gasteiger partial charge in [-0.1, -0.05) is 13.0 Å². The molecule has 1 atom stereocenters. The summed E-state index contributed by atoms with van der Waals surface area (Å²) in [6.07, 6.45) is 5.34. The smallest absolute Gasteiger partial charge is 0.253 e. The molecule has 0 bridgehead atoms. The summed E-state index contributed by atoms with van der Waals surface area (Å²) >= 11 is 0. The summed E-state index contributed by atoms with van der Waals surface area (Å²) in [6, 6.07) is 6.10. The van der Waals surface area contributed by atoms with E-state index in [-0.39, 0.29) is 6.23 Å². The normalized spacial score (nSPS) is 14.0. The van der Waals surface area contributed by atoms with Gasteiger partial charge < -0.3 is 4.43 Å². The highest BCUT2D eigenvalue weighted by atomic mass is 28.4. The molecule has 0 aliphatic heterocycles. The summed E-state index contributed by atoms with van der Waals surface area (Å²) in [5.74, 6) is 0. The molecule has 14 heavy (non-hydrogen) atoms. The quantitative estimate of drug-likeness (QED) is 0.550. The second kappa shape index (κ2) is 4.71. The third-order valence-electron chi connectivity index (χ3n) is 1.91. The average Bonchev–Trinajstić information content (AvgIpc) is 2.14. The Kier molecular flexibility index (Phi) is 3.83. The second-order valence-corrected chi connectivity index (χ2v) is 8.88. The zero-order chi connectivity index (χ0) is 10.6. The fraction of sp³-hybridized carbons (Fsp3) is 0.545. The molecule has 0 aromatic carbocycles. The zero-order valence-corrected chi connectivity index (χ0v) is 10.5. The average molecular weight is 210 g/mol. The van der Waals surface area contributed by atoms with Gasteiger partial charge in [0.25, 0.3) is 6.23 Å². The lowest BCUT2D eigenvalue weighted by atomic mass is 10.4. The first-order chi connectivity index (χ1) is 6.53. The summed E-state index contributed by atoms with van der Waals surface area (Å²) in [5.41, 5.74) is 0. The number of hydrogen-bond donors (Lipinski definition) is 0. The van der Waals surface area contributed by atoms with Gasteiger partial charge in [0.1, 0.15) is 0 Å². The molecule has 0 saturated carbocycles. The first-order valence-electron chi connectivity index (χ1n) is 5.16. The maximum Gasteiger partial charge on any atom is 0.253 e. The molecule has 1 unspecified atom stereocenters. The molecule has 0 amide bonds. The number of aromatic nitrogens is 1. The molecule has 0 fully saturated rings. The van der Waals surface area contributed by atoms with Crippen LogP contribution in [0.5, 0.6) is 0 Å². The van der Waals surface area contributed by atoms with Crippen molar-refractivity contribution >= 4 is 8.32 Å². The predicted octanol–water partition coefficient (Wildman–Crippen LogP) is 2.73. The van der Waals surface area contributed by atoms with Gasteiger partial charge in [0.15, 0.2) is 20.7 Å². The van der Waals surface area contributed by atoms with Crippen molar-refractivity contribution < 1.29 is 8.99 Å². The highest BCUT2D eigenvalue weighted by molar-refractivity contribution is 6.69. The van der Waals surface area contributed by atoms with Gasteiger partial charge in [0.05, 0.1) is 0 Å². The van der Waals surface area contributed by atoms with E-state index in [9.17, 15) is 0 Å². The largest absolute Gasteiger partial charge is 0.363 e. The summed E-state index contributed by atoms with van der Waals surface area (Å²) in [7, 11) is -1.44. The van der Waals surface area contributed by atoms with E-state index < -0.39 is 8.32 Å². The van der Waals surface area contributed by atoms with Crippen LogP contribution in [0.25, 0.3) is 0 Å². The van der Waals surface area contributed by atoms with Gasteiger partial charge in [0, 0.05) is 18.6 Å². The lowest BCUT2D eigenvalue weighted by Crippen LogP contribution is -2.44. The van der Waals surface area contributed by atoms with E-state index in [0.29, 0.717) is 0 Å². The Morgan fingerprint density at radius 1 is 1.14 bits per heavy atom. The van der Waals surface area contributed by atoms with Crippen molar-refractivity contribution in [3.63, 3.8) is 0 Å². The van der Waals surface area contributed by atoms with Crippen molar-refractivity contribution in [1.82, 2.24) is 0 Å². The Bertz CT molecular complexity index is 268. The van der Waals surface area contributed by atoms with E-state index >= 15 is 0 Å². The van der Waals surface area contributed by atoms with Crippen LogP contribution in [0.3, 0.4) is 0 Å². The molecule has 78 valence electrons. The minimum absolute atomic E-state index is 0.197. The van der Waals surface area contributed by atoms with Gasteiger partial charge in [-0.2, -0.15) is 4.57 Å². The molecule has 2 nitrogen and oxygen atoms in total.